The van der Waals surface area contributed by atoms with Crippen LogP contribution in [0, 0.1) is 11.2 Å². The predicted molar refractivity (Wildman–Crippen MR) is 86.0 cm³/mol. The van der Waals surface area contributed by atoms with Crippen LogP contribution in [0.2, 0.25) is 0 Å². The summed E-state index contributed by atoms with van der Waals surface area (Å²) in [6.45, 7) is 6.63. The van der Waals surface area contributed by atoms with Gasteiger partial charge in [-0.15, -0.1) is 23.7 Å². The van der Waals surface area contributed by atoms with Gasteiger partial charge in [-0.3, -0.25) is 4.90 Å². The summed E-state index contributed by atoms with van der Waals surface area (Å²) in [4.78, 5) is 6.74. The lowest BCUT2D eigenvalue weighted by molar-refractivity contribution is 0.210. The highest BCUT2D eigenvalue weighted by Crippen LogP contribution is 2.24. The number of rotatable bonds is 5. The third kappa shape index (κ3) is 4.38. The molecule has 0 unspecified atom stereocenters. The third-order valence-corrected chi connectivity index (χ3v) is 4.05. The Balaban J connectivity index is 0.00000200. The van der Waals surface area contributed by atoms with Gasteiger partial charge in [-0.05, 0) is 37.2 Å². The Hall–Kier alpha value is -0.750. The average molecular weight is 318 g/mol. The van der Waals surface area contributed by atoms with Crippen LogP contribution in [0.4, 0.5) is 4.39 Å². The molecule has 0 saturated carbocycles. The number of nitrogens with zero attached hydrogens (tertiary/aromatic N) is 2. The molecule has 2 aromatic rings. The minimum Gasteiger partial charge on any atom is -0.330 e. The topological polar surface area (TPSA) is 42.2 Å². The molecule has 1 aromatic heterocycles. The fourth-order valence-corrected chi connectivity index (χ4v) is 3.17. The lowest BCUT2D eigenvalue weighted by Gasteiger charge is -2.28. The van der Waals surface area contributed by atoms with E-state index in [9.17, 15) is 4.39 Å². The van der Waals surface area contributed by atoms with Gasteiger partial charge in [0, 0.05) is 6.54 Å². The molecule has 0 amide bonds. The zero-order chi connectivity index (χ0) is 14.0. The molecular weight excluding hydrogens is 297 g/mol. The van der Waals surface area contributed by atoms with Crippen LogP contribution in [0.1, 0.15) is 18.9 Å². The summed E-state index contributed by atoms with van der Waals surface area (Å²) >= 11 is 1.55. The molecule has 112 valence electrons. The number of hydrogen-bond donors (Lipinski definition) is 1. The van der Waals surface area contributed by atoms with Crippen molar-refractivity contribution in [2.45, 2.75) is 20.4 Å². The van der Waals surface area contributed by atoms with Crippen LogP contribution in [-0.4, -0.2) is 30.0 Å². The van der Waals surface area contributed by atoms with Crippen LogP contribution in [0.25, 0.3) is 10.2 Å². The smallest absolute Gasteiger partial charge is 0.124 e. The Bertz CT molecular complexity index is 571. The van der Waals surface area contributed by atoms with Gasteiger partial charge in [0.25, 0.3) is 0 Å². The minimum absolute atomic E-state index is 0. The lowest BCUT2D eigenvalue weighted by Crippen LogP contribution is -2.36. The number of halogens is 2. The van der Waals surface area contributed by atoms with Gasteiger partial charge >= 0.3 is 0 Å². The fourth-order valence-electron chi connectivity index (χ4n) is 2.10. The molecule has 0 radical (unpaired) electrons. The number of benzene rings is 1. The summed E-state index contributed by atoms with van der Waals surface area (Å²) in [6, 6.07) is 4.72. The summed E-state index contributed by atoms with van der Waals surface area (Å²) in [5.41, 5.74) is 6.71. The van der Waals surface area contributed by atoms with Gasteiger partial charge in [0.2, 0.25) is 0 Å². The summed E-state index contributed by atoms with van der Waals surface area (Å²) in [7, 11) is 2.06. The molecule has 0 bridgehead atoms. The van der Waals surface area contributed by atoms with Gasteiger partial charge in [-0.25, -0.2) is 9.37 Å². The van der Waals surface area contributed by atoms with Crippen LogP contribution in [-0.2, 0) is 6.54 Å². The van der Waals surface area contributed by atoms with Crippen LogP contribution in [0.3, 0.4) is 0 Å². The normalized spacial score (nSPS) is 11.9. The largest absolute Gasteiger partial charge is 0.330 e. The van der Waals surface area contributed by atoms with E-state index in [-0.39, 0.29) is 23.6 Å². The minimum atomic E-state index is -0.208. The molecule has 0 aliphatic carbocycles. The summed E-state index contributed by atoms with van der Waals surface area (Å²) in [6.07, 6.45) is 0. The Morgan fingerprint density at radius 3 is 2.75 bits per heavy atom. The van der Waals surface area contributed by atoms with Crippen molar-refractivity contribution in [3.8, 4) is 0 Å². The second kappa shape index (κ2) is 6.80. The second-order valence-electron chi connectivity index (χ2n) is 5.76. The Morgan fingerprint density at radius 2 is 2.10 bits per heavy atom. The first-order valence-corrected chi connectivity index (χ1v) is 7.15. The van der Waals surface area contributed by atoms with Gasteiger partial charge in [-0.2, -0.15) is 0 Å². The molecule has 20 heavy (non-hydrogen) atoms. The SMILES string of the molecule is CN(Cc1nc2ccc(F)cc2s1)CC(C)(C)CN.Cl. The van der Waals surface area contributed by atoms with E-state index in [1.165, 1.54) is 6.07 Å². The van der Waals surface area contributed by atoms with Crippen molar-refractivity contribution in [1.82, 2.24) is 9.88 Å². The highest BCUT2D eigenvalue weighted by molar-refractivity contribution is 7.18. The van der Waals surface area contributed by atoms with E-state index in [1.807, 2.05) is 0 Å². The van der Waals surface area contributed by atoms with Gasteiger partial charge in [0.15, 0.2) is 0 Å². The van der Waals surface area contributed by atoms with Crippen LogP contribution in [0.5, 0.6) is 0 Å². The predicted octanol–water partition coefficient (Wildman–Crippen LogP) is 3.27. The molecule has 3 nitrogen and oxygen atoms in total. The zero-order valence-electron chi connectivity index (χ0n) is 12.0. The monoisotopic (exact) mass is 317 g/mol. The number of hydrogen-bond acceptors (Lipinski definition) is 4. The molecule has 0 atom stereocenters. The Morgan fingerprint density at radius 1 is 1.40 bits per heavy atom. The van der Waals surface area contributed by atoms with Gasteiger partial charge in [0.1, 0.15) is 10.8 Å². The number of thiazole rings is 1. The van der Waals surface area contributed by atoms with E-state index in [0.29, 0.717) is 6.54 Å². The van der Waals surface area contributed by atoms with E-state index in [1.54, 1.807) is 23.5 Å². The first-order valence-electron chi connectivity index (χ1n) is 6.33. The number of aromatic nitrogens is 1. The first kappa shape index (κ1) is 17.3. The summed E-state index contributed by atoms with van der Waals surface area (Å²) < 4.78 is 14.0. The van der Waals surface area contributed by atoms with E-state index < -0.39 is 0 Å². The molecule has 0 aliphatic rings. The van der Waals surface area contributed by atoms with Gasteiger partial charge in [0.05, 0.1) is 16.8 Å². The molecule has 1 aromatic carbocycles. The maximum Gasteiger partial charge on any atom is 0.124 e. The first-order chi connectivity index (χ1) is 8.89. The molecule has 2 N–H and O–H groups in total. The van der Waals surface area contributed by atoms with E-state index >= 15 is 0 Å². The molecule has 2 rings (SSSR count). The van der Waals surface area contributed by atoms with Crippen molar-refractivity contribution < 1.29 is 4.39 Å². The summed E-state index contributed by atoms with van der Waals surface area (Å²) in [5, 5.41) is 1.01. The van der Waals surface area contributed by atoms with Crippen molar-refractivity contribution in [2.75, 3.05) is 20.1 Å². The molecule has 0 fully saturated rings. The van der Waals surface area contributed by atoms with E-state index in [0.717, 1.165) is 28.3 Å². The third-order valence-electron chi connectivity index (χ3n) is 3.05. The van der Waals surface area contributed by atoms with Crippen molar-refractivity contribution in [3.63, 3.8) is 0 Å². The lowest BCUT2D eigenvalue weighted by atomic mass is 9.93. The Labute approximate surface area is 129 Å². The molecule has 0 aliphatic heterocycles. The number of fused-ring (bicyclic) bond motifs is 1. The standard InChI is InChI=1S/C14H20FN3S.ClH/c1-14(2,8-16)9-18(3)7-13-17-11-5-4-10(15)6-12(11)19-13;/h4-6H,7-9,16H2,1-3H3;1H. The maximum absolute atomic E-state index is 13.1. The van der Waals surface area contributed by atoms with Crippen molar-refractivity contribution in [1.29, 1.82) is 0 Å². The molecule has 1 heterocycles. The van der Waals surface area contributed by atoms with Crippen molar-refractivity contribution >= 4 is 34.0 Å². The highest BCUT2D eigenvalue weighted by atomic mass is 35.5. The van der Waals surface area contributed by atoms with Crippen LogP contribution in [0.15, 0.2) is 18.2 Å². The molecule has 6 heteroatoms. The average Bonchev–Trinajstić information content (AvgIpc) is 2.69. The fraction of sp³-hybridized carbons (Fsp3) is 0.500. The zero-order valence-corrected chi connectivity index (χ0v) is 13.7. The number of nitrogens with two attached hydrogens (primary N) is 1. The quantitative estimate of drug-likeness (QED) is 0.920. The molecular formula is C14H21ClFN3S. The van der Waals surface area contributed by atoms with Crippen LogP contribution >= 0.6 is 23.7 Å². The molecule has 0 spiro atoms. The Kier molecular flexibility index (Phi) is 5.89. The van der Waals surface area contributed by atoms with Crippen molar-refractivity contribution in [3.05, 3.63) is 29.0 Å². The van der Waals surface area contributed by atoms with E-state index in [4.69, 9.17) is 5.73 Å². The highest BCUT2D eigenvalue weighted by Gasteiger charge is 2.18. The van der Waals surface area contributed by atoms with Crippen LogP contribution < -0.4 is 5.73 Å². The van der Waals surface area contributed by atoms with Gasteiger partial charge < -0.3 is 5.73 Å². The maximum atomic E-state index is 13.1. The molecule has 0 saturated heterocycles. The summed E-state index contributed by atoms with van der Waals surface area (Å²) in [5.74, 6) is -0.208. The van der Waals surface area contributed by atoms with E-state index in [2.05, 4.69) is 30.8 Å². The van der Waals surface area contributed by atoms with Crippen molar-refractivity contribution in [2.24, 2.45) is 11.1 Å². The second-order valence-corrected chi connectivity index (χ2v) is 6.88. The van der Waals surface area contributed by atoms with Gasteiger partial charge in [-0.1, -0.05) is 13.8 Å².